The monoisotopic (exact) mass is 418 g/mol. The quantitative estimate of drug-likeness (QED) is 0.426. The fraction of sp³-hybridized carbons (Fsp3) is 0.556. The number of carbonyl (C=O) groups excluding carboxylic acids is 1. The minimum atomic E-state index is -1.33. The topological polar surface area (TPSA) is 61.8 Å². The molecule has 0 aliphatic carbocycles. The van der Waals surface area contributed by atoms with Crippen LogP contribution in [-0.2, 0) is 31.5 Å². The standard InChI is InChI=1S/C18H26O5S3/c1-5-22-17(19)16(26(4)20)12-15(25-18(24)23-6-2)11-13-7-9-14(21-3)10-8-13/h7-10,15-16H,5-6,11-12H2,1-4H3. The summed E-state index contributed by atoms with van der Waals surface area (Å²) in [5, 5.41) is -0.740. The van der Waals surface area contributed by atoms with E-state index in [1.165, 1.54) is 18.0 Å². The van der Waals surface area contributed by atoms with Crippen molar-refractivity contribution in [3.05, 3.63) is 29.8 Å². The predicted octanol–water partition coefficient (Wildman–Crippen LogP) is 3.36. The molecule has 0 amide bonds. The Morgan fingerprint density at radius 1 is 1.19 bits per heavy atom. The first kappa shape index (κ1) is 22.9. The van der Waals surface area contributed by atoms with Crippen LogP contribution in [0.1, 0.15) is 25.8 Å². The summed E-state index contributed by atoms with van der Waals surface area (Å²) in [6, 6.07) is 7.72. The van der Waals surface area contributed by atoms with Crippen LogP contribution in [0.5, 0.6) is 5.75 Å². The molecule has 0 heterocycles. The second-order valence-electron chi connectivity index (χ2n) is 5.45. The minimum Gasteiger partial charge on any atom is -0.497 e. The first-order valence-corrected chi connectivity index (χ1v) is 11.3. The second-order valence-corrected chi connectivity index (χ2v) is 8.92. The molecule has 1 aromatic rings. The highest BCUT2D eigenvalue weighted by Gasteiger charge is 2.29. The van der Waals surface area contributed by atoms with Crippen molar-refractivity contribution in [2.45, 2.75) is 37.2 Å². The fourth-order valence-electron chi connectivity index (χ4n) is 2.33. The van der Waals surface area contributed by atoms with Gasteiger partial charge >= 0.3 is 5.97 Å². The third kappa shape index (κ3) is 8.05. The zero-order valence-electron chi connectivity index (χ0n) is 15.6. The smallest absolute Gasteiger partial charge is 0.321 e. The molecule has 0 spiro atoms. The van der Waals surface area contributed by atoms with Gasteiger partial charge in [-0.05, 0) is 56.6 Å². The number of esters is 1. The lowest BCUT2D eigenvalue weighted by molar-refractivity contribution is -0.142. The molecule has 3 atom stereocenters. The van der Waals surface area contributed by atoms with Crippen LogP contribution in [0.2, 0.25) is 0 Å². The van der Waals surface area contributed by atoms with E-state index in [1.807, 2.05) is 31.2 Å². The molecule has 0 saturated carbocycles. The summed E-state index contributed by atoms with van der Waals surface area (Å²) in [6.07, 6.45) is 2.58. The number of thiocarbonyl (C=S) groups is 1. The molecular weight excluding hydrogens is 392 g/mol. The number of carbonyl (C=O) groups is 1. The first-order chi connectivity index (χ1) is 12.4. The number of hydrogen-bond acceptors (Lipinski definition) is 7. The van der Waals surface area contributed by atoms with Gasteiger partial charge in [-0.15, -0.1) is 0 Å². The fourth-order valence-corrected chi connectivity index (χ4v) is 4.84. The number of benzene rings is 1. The average Bonchev–Trinajstić information content (AvgIpc) is 2.60. The highest BCUT2D eigenvalue weighted by molar-refractivity contribution is 8.23. The Morgan fingerprint density at radius 3 is 2.31 bits per heavy atom. The molecule has 8 heteroatoms. The van der Waals surface area contributed by atoms with Crippen LogP contribution in [0.3, 0.4) is 0 Å². The lowest BCUT2D eigenvalue weighted by Crippen LogP contribution is -2.32. The van der Waals surface area contributed by atoms with Crippen molar-refractivity contribution in [2.24, 2.45) is 0 Å². The van der Waals surface area contributed by atoms with Crippen LogP contribution in [0.15, 0.2) is 24.3 Å². The van der Waals surface area contributed by atoms with Crippen molar-refractivity contribution in [1.82, 2.24) is 0 Å². The van der Waals surface area contributed by atoms with E-state index in [9.17, 15) is 9.00 Å². The van der Waals surface area contributed by atoms with E-state index in [0.717, 1.165) is 11.3 Å². The molecule has 146 valence electrons. The van der Waals surface area contributed by atoms with Crippen LogP contribution in [0.25, 0.3) is 0 Å². The summed E-state index contributed by atoms with van der Waals surface area (Å²) in [4.78, 5) is 12.2. The number of hydrogen-bond donors (Lipinski definition) is 0. The van der Waals surface area contributed by atoms with Crippen molar-refractivity contribution >= 4 is 45.1 Å². The molecule has 26 heavy (non-hydrogen) atoms. The molecule has 0 bridgehead atoms. The Labute approximate surface area is 167 Å². The molecular formula is C18H26O5S3. The van der Waals surface area contributed by atoms with Gasteiger partial charge in [0.05, 0.1) is 20.3 Å². The maximum atomic E-state index is 12.2. The molecule has 1 rings (SSSR count). The Kier molecular flexibility index (Phi) is 10.8. The van der Waals surface area contributed by atoms with Crippen molar-refractivity contribution in [3.8, 4) is 5.75 Å². The van der Waals surface area contributed by atoms with E-state index in [0.29, 0.717) is 23.8 Å². The van der Waals surface area contributed by atoms with Gasteiger partial charge in [-0.2, -0.15) is 0 Å². The molecule has 0 aromatic heterocycles. The zero-order valence-corrected chi connectivity index (χ0v) is 18.0. The Morgan fingerprint density at radius 2 is 1.81 bits per heavy atom. The molecule has 5 nitrogen and oxygen atoms in total. The van der Waals surface area contributed by atoms with E-state index < -0.39 is 22.0 Å². The number of ether oxygens (including phenoxy) is 3. The molecule has 0 radical (unpaired) electrons. The van der Waals surface area contributed by atoms with Crippen LogP contribution >= 0.6 is 24.0 Å². The van der Waals surface area contributed by atoms with Gasteiger partial charge in [-0.1, -0.05) is 23.9 Å². The molecule has 3 unspecified atom stereocenters. The highest BCUT2D eigenvalue weighted by atomic mass is 32.2. The van der Waals surface area contributed by atoms with Gasteiger partial charge in [0.2, 0.25) is 4.38 Å². The molecule has 0 saturated heterocycles. The Hall–Kier alpha value is -1.12. The summed E-state index contributed by atoms with van der Waals surface area (Å²) >= 11 is 6.64. The first-order valence-electron chi connectivity index (χ1n) is 8.36. The third-order valence-electron chi connectivity index (χ3n) is 3.57. The van der Waals surface area contributed by atoms with Crippen molar-refractivity contribution < 1.29 is 23.2 Å². The van der Waals surface area contributed by atoms with E-state index in [4.69, 9.17) is 26.4 Å². The number of thioether (sulfide) groups is 1. The molecule has 1 aromatic carbocycles. The van der Waals surface area contributed by atoms with Crippen LogP contribution in [0.4, 0.5) is 0 Å². The van der Waals surface area contributed by atoms with Crippen LogP contribution in [-0.4, -0.2) is 51.6 Å². The van der Waals surface area contributed by atoms with Gasteiger partial charge in [-0.25, -0.2) is 0 Å². The number of rotatable bonds is 10. The van der Waals surface area contributed by atoms with E-state index in [1.54, 1.807) is 14.0 Å². The summed E-state index contributed by atoms with van der Waals surface area (Å²) in [5.41, 5.74) is 1.08. The van der Waals surface area contributed by atoms with Gasteiger partial charge in [-0.3, -0.25) is 9.00 Å². The van der Waals surface area contributed by atoms with Crippen molar-refractivity contribution in [2.75, 3.05) is 26.6 Å². The Balaban J connectivity index is 2.92. The summed E-state index contributed by atoms with van der Waals surface area (Å²) in [5.74, 6) is 0.345. The summed E-state index contributed by atoms with van der Waals surface area (Å²) in [7, 11) is 0.291. The highest BCUT2D eigenvalue weighted by Crippen LogP contribution is 2.26. The van der Waals surface area contributed by atoms with Gasteiger partial charge in [0.15, 0.2) is 0 Å². The van der Waals surface area contributed by atoms with Crippen LogP contribution in [0, 0.1) is 0 Å². The molecule has 0 aliphatic rings. The van der Waals surface area contributed by atoms with Gasteiger partial charge < -0.3 is 14.2 Å². The Bertz CT molecular complexity index is 603. The summed E-state index contributed by atoms with van der Waals surface area (Å²) < 4.78 is 28.1. The summed E-state index contributed by atoms with van der Waals surface area (Å²) in [6.45, 7) is 4.36. The molecule has 0 aliphatic heterocycles. The maximum Gasteiger partial charge on any atom is 0.321 e. The molecule has 0 fully saturated rings. The van der Waals surface area contributed by atoms with Gasteiger partial charge in [0, 0.05) is 22.3 Å². The zero-order chi connectivity index (χ0) is 19.5. The number of methoxy groups -OCH3 is 1. The SMILES string of the molecule is CCOC(=O)C(CC(Cc1ccc(OC)cc1)SC(=S)OCC)S(C)=O. The lowest BCUT2D eigenvalue weighted by Gasteiger charge is -2.21. The van der Waals surface area contributed by atoms with Gasteiger partial charge in [0.25, 0.3) is 0 Å². The lowest BCUT2D eigenvalue weighted by atomic mass is 10.1. The predicted molar refractivity (Wildman–Crippen MR) is 111 cm³/mol. The normalized spacial score (nSPS) is 14.2. The van der Waals surface area contributed by atoms with Crippen molar-refractivity contribution in [3.63, 3.8) is 0 Å². The third-order valence-corrected chi connectivity index (χ3v) is 6.17. The molecule has 0 N–H and O–H groups in total. The largest absolute Gasteiger partial charge is 0.497 e. The second kappa shape index (κ2) is 12.3. The average molecular weight is 419 g/mol. The van der Waals surface area contributed by atoms with Crippen molar-refractivity contribution in [1.29, 1.82) is 0 Å². The van der Waals surface area contributed by atoms with E-state index >= 15 is 0 Å². The van der Waals surface area contributed by atoms with E-state index in [2.05, 4.69) is 0 Å². The minimum absolute atomic E-state index is 0.0549. The van der Waals surface area contributed by atoms with Crippen LogP contribution < -0.4 is 4.74 Å². The maximum absolute atomic E-state index is 12.2. The van der Waals surface area contributed by atoms with E-state index in [-0.39, 0.29) is 11.9 Å². The van der Waals surface area contributed by atoms with Gasteiger partial charge in [0.1, 0.15) is 11.0 Å².